The molecule has 1 aromatic rings. The molecule has 40 heavy (non-hydrogen) atoms. The van der Waals surface area contributed by atoms with Crippen molar-refractivity contribution in [2.24, 2.45) is 28.1 Å². The topological polar surface area (TPSA) is 244 Å². The lowest BCUT2D eigenvalue weighted by atomic mass is 10.0. The standard InChI is InChI=1S/C26H42N8O6/c1-15(2)12-20(33-21(35)14-31-23(37)18(27)13-17-8-5-4-6-9-17)24(38)32-16(3)22(36)34-19(25(39)40)10-7-11-30-26(28)29/h4-6,8-9,15-16,18-20H,7,10-14,27H2,1-3H3,(H,31,37)(H,32,38)(H,33,35)(H,34,36)(H,39,40)(H4,28,29,30)/t16-,18-,19-,20-/m0/s1. The molecule has 222 valence electrons. The van der Waals surface area contributed by atoms with Crippen molar-refractivity contribution in [3.05, 3.63) is 35.9 Å². The molecule has 0 saturated carbocycles. The van der Waals surface area contributed by atoms with Crippen LogP contribution in [0.15, 0.2) is 35.3 Å². The molecule has 0 saturated heterocycles. The number of nitrogens with zero attached hydrogens (tertiary/aromatic N) is 1. The minimum absolute atomic E-state index is 0.00989. The summed E-state index contributed by atoms with van der Waals surface area (Å²) in [6, 6.07) is 5.05. The molecule has 4 atom stereocenters. The van der Waals surface area contributed by atoms with E-state index in [2.05, 4.69) is 26.3 Å². The van der Waals surface area contributed by atoms with Crippen LogP contribution in [0.1, 0.15) is 45.6 Å². The van der Waals surface area contributed by atoms with Crippen molar-refractivity contribution in [2.45, 2.75) is 70.6 Å². The predicted molar refractivity (Wildman–Crippen MR) is 150 cm³/mol. The molecule has 0 bridgehead atoms. The summed E-state index contributed by atoms with van der Waals surface area (Å²) in [5.74, 6) is -3.81. The molecule has 4 amide bonds. The Hall–Kier alpha value is -4.20. The summed E-state index contributed by atoms with van der Waals surface area (Å²) in [6.45, 7) is 4.91. The van der Waals surface area contributed by atoms with E-state index in [4.69, 9.17) is 17.2 Å². The Morgan fingerprint density at radius 3 is 2.12 bits per heavy atom. The van der Waals surface area contributed by atoms with Gasteiger partial charge < -0.3 is 43.6 Å². The predicted octanol–water partition coefficient (Wildman–Crippen LogP) is -1.67. The number of carboxylic acids is 1. The summed E-state index contributed by atoms with van der Waals surface area (Å²) >= 11 is 0. The van der Waals surface area contributed by atoms with E-state index in [0.29, 0.717) is 12.8 Å². The Morgan fingerprint density at radius 1 is 0.900 bits per heavy atom. The molecule has 11 N–H and O–H groups in total. The first-order chi connectivity index (χ1) is 18.8. The van der Waals surface area contributed by atoms with Gasteiger partial charge in [0.25, 0.3) is 0 Å². The molecule has 1 aromatic carbocycles. The van der Waals surface area contributed by atoms with Crippen LogP contribution >= 0.6 is 0 Å². The van der Waals surface area contributed by atoms with Gasteiger partial charge >= 0.3 is 5.97 Å². The van der Waals surface area contributed by atoms with E-state index in [1.54, 1.807) is 0 Å². The van der Waals surface area contributed by atoms with Gasteiger partial charge in [-0.3, -0.25) is 24.2 Å². The zero-order valence-corrected chi connectivity index (χ0v) is 23.2. The van der Waals surface area contributed by atoms with Crippen molar-refractivity contribution >= 4 is 35.6 Å². The highest BCUT2D eigenvalue weighted by Gasteiger charge is 2.28. The number of hydrogen-bond acceptors (Lipinski definition) is 7. The van der Waals surface area contributed by atoms with Crippen LogP contribution in [0.4, 0.5) is 0 Å². The molecular weight excluding hydrogens is 520 g/mol. The Bertz CT molecular complexity index is 1030. The summed E-state index contributed by atoms with van der Waals surface area (Å²) in [5, 5.41) is 19.3. The quantitative estimate of drug-likeness (QED) is 0.0613. The number of aliphatic carboxylic acids is 1. The molecule has 0 aliphatic rings. The van der Waals surface area contributed by atoms with Crippen LogP contribution in [0.2, 0.25) is 0 Å². The summed E-state index contributed by atoms with van der Waals surface area (Å²) < 4.78 is 0. The van der Waals surface area contributed by atoms with E-state index in [1.165, 1.54) is 6.92 Å². The fraction of sp³-hybridized carbons (Fsp3) is 0.538. The number of aliphatic imine (C=N–C) groups is 1. The van der Waals surface area contributed by atoms with Crippen LogP contribution in [-0.4, -0.2) is 77.9 Å². The van der Waals surface area contributed by atoms with E-state index >= 15 is 0 Å². The number of guanidine groups is 1. The number of carboxylic acid groups (broad SMARTS) is 1. The number of amides is 4. The highest BCUT2D eigenvalue weighted by Crippen LogP contribution is 2.06. The van der Waals surface area contributed by atoms with Crippen LogP contribution in [0.3, 0.4) is 0 Å². The van der Waals surface area contributed by atoms with E-state index < -0.39 is 53.8 Å². The van der Waals surface area contributed by atoms with Gasteiger partial charge in [0.1, 0.15) is 18.1 Å². The monoisotopic (exact) mass is 562 g/mol. The first kappa shape index (κ1) is 33.8. The van der Waals surface area contributed by atoms with Gasteiger partial charge in [0, 0.05) is 6.54 Å². The van der Waals surface area contributed by atoms with Crippen molar-refractivity contribution in [3.8, 4) is 0 Å². The lowest BCUT2D eigenvalue weighted by molar-refractivity contribution is -0.142. The summed E-state index contributed by atoms with van der Waals surface area (Å²) in [6.07, 6.45) is 0.943. The van der Waals surface area contributed by atoms with Crippen molar-refractivity contribution in [1.29, 1.82) is 0 Å². The first-order valence-corrected chi connectivity index (χ1v) is 13.1. The fourth-order valence-corrected chi connectivity index (χ4v) is 3.64. The largest absolute Gasteiger partial charge is 0.480 e. The number of nitrogens with one attached hydrogen (secondary N) is 4. The molecular formula is C26H42N8O6. The summed E-state index contributed by atoms with van der Waals surface area (Å²) in [5.41, 5.74) is 17.3. The fourth-order valence-electron chi connectivity index (χ4n) is 3.64. The lowest BCUT2D eigenvalue weighted by Crippen LogP contribution is -2.56. The van der Waals surface area contributed by atoms with E-state index in [0.717, 1.165) is 5.56 Å². The van der Waals surface area contributed by atoms with Gasteiger partial charge in [0.2, 0.25) is 23.6 Å². The Balaban J connectivity index is 2.64. The maximum absolute atomic E-state index is 12.9. The van der Waals surface area contributed by atoms with Crippen LogP contribution in [0.5, 0.6) is 0 Å². The molecule has 0 unspecified atom stereocenters. The highest BCUT2D eigenvalue weighted by atomic mass is 16.4. The van der Waals surface area contributed by atoms with Gasteiger partial charge in [0.15, 0.2) is 5.96 Å². The van der Waals surface area contributed by atoms with E-state index in [1.807, 2.05) is 44.2 Å². The molecule has 0 aliphatic heterocycles. The minimum atomic E-state index is -1.24. The number of rotatable bonds is 17. The number of hydrogen-bond donors (Lipinski definition) is 8. The number of carbonyl (C=O) groups excluding carboxylic acids is 4. The van der Waals surface area contributed by atoms with Gasteiger partial charge in [-0.05, 0) is 44.1 Å². The second kappa shape index (κ2) is 17.4. The third-order valence-electron chi connectivity index (χ3n) is 5.73. The smallest absolute Gasteiger partial charge is 0.326 e. The second-order valence-electron chi connectivity index (χ2n) is 9.84. The normalized spacial score (nSPS) is 13.7. The molecule has 14 heteroatoms. The molecule has 0 aliphatic carbocycles. The van der Waals surface area contributed by atoms with Crippen LogP contribution in [-0.2, 0) is 30.4 Å². The third kappa shape index (κ3) is 13.6. The number of nitrogens with two attached hydrogens (primary N) is 3. The number of carbonyl (C=O) groups is 5. The maximum Gasteiger partial charge on any atom is 0.326 e. The Labute approximate surface area is 233 Å². The van der Waals surface area contributed by atoms with Gasteiger partial charge in [-0.1, -0.05) is 44.2 Å². The Kier molecular flexibility index (Phi) is 14.7. The molecule has 0 heterocycles. The van der Waals surface area contributed by atoms with E-state index in [9.17, 15) is 29.1 Å². The molecule has 0 spiro atoms. The number of benzene rings is 1. The lowest BCUT2D eigenvalue weighted by Gasteiger charge is -2.23. The molecule has 1 rings (SSSR count). The minimum Gasteiger partial charge on any atom is -0.480 e. The van der Waals surface area contributed by atoms with Crippen LogP contribution in [0.25, 0.3) is 0 Å². The van der Waals surface area contributed by atoms with Crippen molar-refractivity contribution in [2.75, 3.05) is 13.1 Å². The average Bonchev–Trinajstić information content (AvgIpc) is 2.88. The molecule has 0 fully saturated rings. The summed E-state index contributed by atoms with van der Waals surface area (Å²) in [7, 11) is 0. The van der Waals surface area contributed by atoms with Crippen molar-refractivity contribution < 1.29 is 29.1 Å². The third-order valence-corrected chi connectivity index (χ3v) is 5.73. The second-order valence-corrected chi connectivity index (χ2v) is 9.84. The highest BCUT2D eigenvalue weighted by molar-refractivity contribution is 5.94. The zero-order valence-electron chi connectivity index (χ0n) is 23.2. The van der Waals surface area contributed by atoms with Crippen molar-refractivity contribution in [3.63, 3.8) is 0 Å². The first-order valence-electron chi connectivity index (χ1n) is 13.1. The Morgan fingerprint density at radius 2 is 1.55 bits per heavy atom. The summed E-state index contributed by atoms with van der Waals surface area (Å²) in [4.78, 5) is 65.6. The van der Waals surface area contributed by atoms with Gasteiger partial charge in [-0.25, -0.2) is 4.79 Å². The zero-order chi connectivity index (χ0) is 30.2. The van der Waals surface area contributed by atoms with Gasteiger partial charge in [0.05, 0.1) is 12.6 Å². The molecule has 0 aromatic heterocycles. The van der Waals surface area contributed by atoms with Crippen LogP contribution < -0.4 is 38.5 Å². The maximum atomic E-state index is 12.9. The van der Waals surface area contributed by atoms with Crippen LogP contribution in [0, 0.1) is 5.92 Å². The molecule has 14 nitrogen and oxygen atoms in total. The molecule has 0 radical (unpaired) electrons. The van der Waals surface area contributed by atoms with Gasteiger partial charge in [-0.15, -0.1) is 0 Å². The van der Waals surface area contributed by atoms with Crippen molar-refractivity contribution in [1.82, 2.24) is 21.3 Å². The SMILES string of the molecule is CC(C)C[C@H](NC(=O)CNC(=O)[C@@H](N)Cc1ccccc1)C(=O)N[C@@H](C)C(=O)N[C@@H](CCCN=C(N)N)C(=O)O. The average molecular weight is 563 g/mol. The van der Waals surface area contributed by atoms with Gasteiger partial charge in [-0.2, -0.15) is 0 Å². The van der Waals surface area contributed by atoms with E-state index in [-0.39, 0.29) is 37.8 Å².